The van der Waals surface area contributed by atoms with Gasteiger partial charge in [0.2, 0.25) is 45.6 Å². The summed E-state index contributed by atoms with van der Waals surface area (Å²) in [6, 6.07) is 41.4. The van der Waals surface area contributed by atoms with E-state index < -0.39 is 25.5 Å². The van der Waals surface area contributed by atoms with Crippen molar-refractivity contribution < 1.29 is 46.9 Å². The molecule has 0 aliphatic carbocycles. The molecule has 4 aromatic carbocycles. The molecule has 0 aliphatic rings. The molecule has 102 heavy (non-hydrogen) atoms. The van der Waals surface area contributed by atoms with Crippen LogP contribution in [0.2, 0.25) is 0 Å². The van der Waals surface area contributed by atoms with Gasteiger partial charge in [-0.3, -0.25) is 0 Å². The third-order valence-electron chi connectivity index (χ3n) is 20.0. The van der Waals surface area contributed by atoms with Crippen molar-refractivity contribution >= 4 is 88.3 Å². The van der Waals surface area contributed by atoms with Gasteiger partial charge in [0.1, 0.15) is 28.2 Å². The Morgan fingerprint density at radius 2 is 0.618 bits per heavy atom. The average molecular weight is 1360 g/mol. The van der Waals surface area contributed by atoms with E-state index in [0.29, 0.717) is 45.8 Å². The largest absolute Gasteiger partial charge is 0.437 e. The van der Waals surface area contributed by atoms with Crippen LogP contribution in [0.5, 0.6) is 0 Å². The third-order valence-corrected chi connectivity index (χ3v) is 20.0. The van der Waals surface area contributed by atoms with Crippen LogP contribution in [-0.2, 0) is 28.2 Å². The average Bonchev–Trinajstić information content (AvgIpc) is 1.59. The lowest BCUT2D eigenvalue weighted by atomic mass is 9.94. The van der Waals surface area contributed by atoms with Crippen LogP contribution in [0.1, 0.15) is 168 Å². The van der Waals surface area contributed by atoms with E-state index in [2.05, 4.69) is 172 Å². The molecule has 0 spiro atoms. The first-order chi connectivity index (χ1) is 51.8. The Bertz CT molecular complexity index is 6350. The summed E-state index contributed by atoms with van der Waals surface area (Å²) in [4.78, 5) is 17.8. The van der Waals surface area contributed by atoms with Crippen LogP contribution < -0.4 is 18.3 Å². The Morgan fingerprint density at radius 3 is 0.941 bits per heavy atom. The van der Waals surface area contributed by atoms with Crippen LogP contribution in [0.25, 0.3) is 133 Å². The van der Waals surface area contributed by atoms with Crippen molar-refractivity contribution in [2.45, 2.75) is 148 Å². The second-order valence-electron chi connectivity index (χ2n) is 28.4. The molecule has 0 fully saturated rings. The molecule has 0 saturated carbocycles. The molecule has 2 atom stereocenters. The fraction of sp³-hybridized carbons (Fsp3) is 0.289. The summed E-state index contributed by atoms with van der Waals surface area (Å²) < 4.78 is 96.6. The van der Waals surface area contributed by atoms with E-state index >= 15 is 0 Å². The number of pyridine rings is 8. The predicted molar refractivity (Wildman–Crippen MR) is 416 cm³/mol. The number of benzene rings is 4. The molecular weight excluding hydrogens is 1260 g/mol. The van der Waals surface area contributed by atoms with Gasteiger partial charge in [0, 0.05) is 124 Å². The lowest BCUT2D eigenvalue weighted by Crippen LogP contribution is -2.32. The summed E-state index contributed by atoms with van der Waals surface area (Å²) in [6.07, 6.45) is 11.4. The molecule has 2 unspecified atom stereocenters. The van der Waals surface area contributed by atoms with Crippen molar-refractivity contribution in [2.75, 3.05) is 0 Å². The first-order valence-electron chi connectivity index (χ1n) is 38.9. The second-order valence-corrected chi connectivity index (χ2v) is 28.4. The highest BCUT2D eigenvalue weighted by Crippen LogP contribution is 2.42. The molecule has 0 N–H and O–H groups in total. The zero-order valence-corrected chi connectivity index (χ0v) is 62.4. The zero-order chi connectivity index (χ0) is 79.4. The molecule has 12 nitrogen and oxygen atoms in total. The Hall–Kier alpha value is -10.7. The number of hydrogen-bond acceptors (Lipinski definition) is 8. The molecule has 0 amide bonds. The van der Waals surface area contributed by atoms with Crippen LogP contribution in [0.3, 0.4) is 0 Å². The van der Waals surface area contributed by atoms with E-state index in [0.717, 1.165) is 133 Å². The third kappa shape index (κ3) is 12.8. The van der Waals surface area contributed by atoms with Gasteiger partial charge in [-0.2, -0.15) is 0 Å². The second kappa shape index (κ2) is 27.7. The van der Waals surface area contributed by atoms with Crippen molar-refractivity contribution in [3.8, 4) is 45.0 Å². The molecule has 516 valence electrons. The van der Waals surface area contributed by atoms with E-state index in [-0.39, 0.29) is 0 Å². The highest BCUT2D eigenvalue weighted by molar-refractivity contribution is 6.12. The quantitative estimate of drug-likeness (QED) is 0.138. The van der Waals surface area contributed by atoms with Crippen LogP contribution in [0.15, 0.2) is 176 Å². The van der Waals surface area contributed by atoms with Crippen LogP contribution >= 0.6 is 0 Å². The Morgan fingerprint density at radius 1 is 0.324 bits per heavy atom. The molecule has 12 heteroatoms. The maximum atomic E-state index is 8.50. The normalized spacial score (nSPS) is 14.3. The summed E-state index contributed by atoms with van der Waals surface area (Å²) >= 11 is 0. The molecule has 0 aliphatic heterocycles. The van der Waals surface area contributed by atoms with E-state index in [1.165, 1.54) is 58.6 Å². The van der Waals surface area contributed by atoms with Crippen molar-refractivity contribution in [3.05, 3.63) is 237 Å². The Labute approximate surface area is 610 Å². The van der Waals surface area contributed by atoms with E-state index in [4.69, 9.17) is 28.6 Å². The van der Waals surface area contributed by atoms with Crippen molar-refractivity contribution in [2.24, 2.45) is 28.2 Å². The summed E-state index contributed by atoms with van der Waals surface area (Å²) in [5.74, 6) is -2.43. The lowest BCUT2D eigenvalue weighted by molar-refractivity contribution is -0.661. The first-order valence-corrected chi connectivity index (χ1v) is 34.9. The highest BCUT2D eigenvalue weighted by atomic mass is 16.4. The van der Waals surface area contributed by atoms with Gasteiger partial charge in [-0.25, -0.2) is 38.2 Å². The molecule has 12 aromatic heterocycles. The number of hydrogen-bond donors (Lipinski definition) is 0. The van der Waals surface area contributed by atoms with Gasteiger partial charge in [0.05, 0.1) is 22.3 Å². The standard InChI is InChI=1S/2C23H25N2O.2C22H23N2O/c1-13(2)19-11-20(25(6)12-15(19)4)21-14(3)7-9-17-18-10-8-16(5)24-23(18)26-22(17)21;1-13(2)19-12-25(6)20(11-15(19)4)21-14(3)7-9-17-18-10-8-16(5)24-23(18)26-22(17)21;1-13(2)18-11-19(24(5)12-15(18)4)20-14(3)8-9-16-17-7-6-10-23-22(17)25-21(16)20;1-13(2)18-12-24(5)19(11-15(18)4)20-14(3)8-9-16-17-7-6-10-23-22(17)25-21(16)20/h2*7-13H,1-6H3;2*6-13H,1-5H3/q4*+1/i;1D3,13D;;1D3,13D. The number of aryl methyl sites for hydroxylation is 14. The van der Waals surface area contributed by atoms with Gasteiger partial charge in [-0.1, -0.05) is 104 Å². The van der Waals surface area contributed by atoms with Crippen molar-refractivity contribution in [3.63, 3.8) is 0 Å². The minimum atomic E-state index is -2.43. The lowest BCUT2D eigenvalue weighted by Gasteiger charge is -2.12. The van der Waals surface area contributed by atoms with Gasteiger partial charge in [-0.05, 0) is 186 Å². The first kappa shape index (κ1) is 60.1. The molecule has 16 aromatic rings. The molecule has 16 rings (SSSR count). The minimum Gasteiger partial charge on any atom is -0.437 e. The number of fused-ring (bicyclic) bond motifs is 12. The van der Waals surface area contributed by atoms with E-state index in [9.17, 15) is 0 Å². The van der Waals surface area contributed by atoms with E-state index in [1.807, 2.05) is 125 Å². The van der Waals surface area contributed by atoms with Crippen LogP contribution in [0.4, 0.5) is 0 Å². The Balaban J connectivity index is 0.000000129. The van der Waals surface area contributed by atoms with Crippen molar-refractivity contribution in [1.29, 1.82) is 0 Å². The molecule has 12 heterocycles. The SMILES string of the molecule is Cc1c[n+](C)c(-c2c(C)ccc3c2oc2ncccc23)cc1C(C)C.Cc1ccc2c(n1)oc1c(-c3cc(C(C)C)c(C)c[n+]3C)c(C)ccc12.[2H]C([2H])([2H])C([2H])(C)c1c[n+](C)c(-c2c(C)ccc3c2oc2nc(C)ccc23)cc1C.[2H]C([2H])([2H])C([2H])(C)c1c[n+](C)c(-c2c(C)ccc3c2oc2ncccc23)cc1C. The topological polar surface area (TPSA) is 120 Å². The van der Waals surface area contributed by atoms with Crippen LogP contribution in [-0.4, -0.2) is 19.9 Å². The summed E-state index contributed by atoms with van der Waals surface area (Å²) in [5.41, 5.74) is 28.6. The molecule has 0 radical (unpaired) electrons. The van der Waals surface area contributed by atoms with Gasteiger partial charge in [0.15, 0.2) is 47.1 Å². The number of aromatic nitrogens is 8. The Kier molecular flexibility index (Phi) is 16.3. The number of nitrogens with zero attached hydrogens (tertiary/aromatic N) is 8. The summed E-state index contributed by atoms with van der Waals surface area (Å²) in [7, 11) is 7.95. The minimum absolute atomic E-state index is 0.481. The van der Waals surface area contributed by atoms with Gasteiger partial charge in [0.25, 0.3) is 0 Å². The van der Waals surface area contributed by atoms with Gasteiger partial charge >= 0.3 is 0 Å². The highest BCUT2D eigenvalue weighted by Gasteiger charge is 2.28. The zero-order valence-electron chi connectivity index (χ0n) is 70.4. The predicted octanol–water partition coefficient (Wildman–Crippen LogP) is 21.5. The summed E-state index contributed by atoms with van der Waals surface area (Å²) in [5, 5.41) is 8.30. The maximum absolute atomic E-state index is 8.50. The monoisotopic (exact) mass is 1360 g/mol. The smallest absolute Gasteiger partial charge is 0.227 e. The van der Waals surface area contributed by atoms with E-state index in [1.54, 1.807) is 24.8 Å². The van der Waals surface area contributed by atoms with Crippen LogP contribution in [0, 0.1) is 69.2 Å². The molecule has 0 saturated heterocycles. The molecular formula is C90H96N8O4+4. The maximum Gasteiger partial charge on any atom is 0.227 e. The van der Waals surface area contributed by atoms with Gasteiger partial charge in [-0.15, -0.1) is 0 Å². The fourth-order valence-electron chi connectivity index (χ4n) is 14.8. The summed E-state index contributed by atoms with van der Waals surface area (Å²) in [6.45, 7) is 27.3. The van der Waals surface area contributed by atoms with Gasteiger partial charge < -0.3 is 17.7 Å². The molecule has 0 bridgehead atoms. The number of furan rings is 4. The number of rotatable bonds is 8. The van der Waals surface area contributed by atoms with Crippen molar-refractivity contribution in [1.82, 2.24) is 19.9 Å². The fourth-order valence-corrected chi connectivity index (χ4v) is 14.8.